The minimum Gasteiger partial charge on any atom is -0.481 e. The number of hydrogen-bond acceptors (Lipinski definition) is 3. The Morgan fingerprint density at radius 2 is 1.76 bits per heavy atom. The Balaban J connectivity index is 2.15. The third-order valence-electron chi connectivity index (χ3n) is 4.80. The van der Waals surface area contributed by atoms with Gasteiger partial charge >= 0.3 is 5.97 Å². The summed E-state index contributed by atoms with van der Waals surface area (Å²) in [6.45, 7) is 2.34. The van der Waals surface area contributed by atoms with E-state index in [0.717, 1.165) is 11.3 Å². The minimum absolute atomic E-state index is 0.114. The summed E-state index contributed by atoms with van der Waals surface area (Å²) in [5.74, 6) is -1.81. The Bertz CT molecular complexity index is 799. The molecule has 1 heterocycles. The van der Waals surface area contributed by atoms with Gasteiger partial charge in [0.1, 0.15) is 5.92 Å². The van der Waals surface area contributed by atoms with Crippen molar-refractivity contribution in [2.24, 2.45) is 0 Å². The monoisotopic (exact) mass is 338 g/mol. The fourth-order valence-corrected chi connectivity index (χ4v) is 3.54. The molecule has 1 aliphatic rings. The fraction of sp³-hybridized carbons (Fsp3) is 0.300. The lowest BCUT2D eigenvalue weighted by Crippen LogP contribution is -2.44. The normalized spacial score (nSPS) is 19.5. The number of likely N-dealkylation sites (N-methyl/N-ethyl adjacent to an activating group) is 1. The van der Waals surface area contributed by atoms with Gasteiger partial charge in [0.25, 0.3) is 5.91 Å². The van der Waals surface area contributed by atoms with E-state index in [4.69, 9.17) is 0 Å². The van der Waals surface area contributed by atoms with Crippen LogP contribution in [0.5, 0.6) is 0 Å². The van der Waals surface area contributed by atoms with E-state index in [2.05, 4.69) is 0 Å². The molecule has 3 rings (SSSR count). The number of hydrogen-bond donors (Lipinski definition) is 1. The molecule has 0 bridgehead atoms. The Hall–Kier alpha value is -2.82. The summed E-state index contributed by atoms with van der Waals surface area (Å²) >= 11 is 0. The van der Waals surface area contributed by atoms with Gasteiger partial charge in [-0.3, -0.25) is 9.59 Å². The first kappa shape index (κ1) is 17.0. The molecule has 2 atom stereocenters. The molecule has 0 aliphatic carbocycles. The van der Waals surface area contributed by atoms with E-state index in [9.17, 15) is 14.7 Å². The Morgan fingerprint density at radius 3 is 2.32 bits per heavy atom. The number of fused-ring (bicyclic) bond motifs is 1. The highest BCUT2D eigenvalue weighted by Crippen LogP contribution is 2.42. The van der Waals surface area contributed by atoms with Gasteiger partial charge in [0.2, 0.25) is 0 Å². The molecule has 5 heteroatoms. The maximum Gasteiger partial charge on any atom is 0.313 e. The summed E-state index contributed by atoms with van der Waals surface area (Å²) in [6.07, 6.45) is 0. The van der Waals surface area contributed by atoms with Gasteiger partial charge in [-0.1, -0.05) is 30.3 Å². The molecule has 1 amide bonds. The summed E-state index contributed by atoms with van der Waals surface area (Å²) in [5, 5.41) is 9.91. The highest BCUT2D eigenvalue weighted by molar-refractivity contribution is 6.00. The first-order valence-corrected chi connectivity index (χ1v) is 8.35. The summed E-state index contributed by atoms with van der Waals surface area (Å²) < 4.78 is 0. The number of carbonyl (C=O) groups excluding carboxylic acids is 1. The maximum absolute atomic E-state index is 12.9. The van der Waals surface area contributed by atoms with Crippen molar-refractivity contribution < 1.29 is 14.7 Å². The predicted octanol–water partition coefficient (Wildman–Crippen LogP) is 3.14. The highest BCUT2D eigenvalue weighted by Gasteiger charge is 2.43. The van der Waals surface area contributed by atoms with Gasteiger partial charge in [0.15, 0.2) is 0 Å². The molecule has 1 N–H and O–H groups in total. The van der Waals surface area contributed by atoms with E-state index < -0.39 is 17.9 Å². The zero-order valence-corrected chi connectivity index (χ0v) is 14.6. The fourth-order valence-electron chi connectivity index (χ4n) is 3.54. The Morgan fingerprint density at radius 1 is 1.12 bits per heavy atom. The molecule has 25 heavy (non-hydrogen) atoms. The van der Waals surface area contributed by atoms with Crippen molar-refractivity contribution in [1.29, 1.82) is 0 Å². The zero-order valence-electron chi connectivity index (χ0n) is 14.6. The van der Waals surface area contributed by atoms with E-state index in [1.165, 1.54) is 0 Å². The van der Waals surface area contributed by atoms with Crippen LogP contribution in [0.2, 0.25) is 0 Å². The predicted molar refractivity (Wildman–Crippen MR) is 97.0 cm³/mol. The van der Waals surface area contributed by atoms with Crippen molar-refractivity contribution in [3.63, 3.8) is 0 Å². The number of benzene rings is 2. The number of nitrogens with zero attached hydrogens (tertiary/aromatic N) is 2. The average molecular weight is 338 g/mol. The molecule has 0 radical (unpaired) electrons. The molecule has 0 saturated carbocycles. The van der Waals surface area contributed by atoms with Crippen LogP contribution in [0.3, 0.4) is 0 Å². The van der Waals surface area contributed by atoms with Crippen LogP contribution in [-0.4, -0.2) is 42.5 Å². The Labute approximate surface area is 147 Å². The maximum atomic E-state index is 12.9. The lowest BCUT2D eigenvalue weighted by molar-refractivity contribution is -0.140. The summed E-state index contributed by atoms with van der Waals surface area (Å²) in [4.78, 5) is 28.6. The molecule has 0 fully saturated rings. The smallest absolute Gasteiger partial charge is 0.313 e. The van der Waals surface area contributed by atoms with Crippen LogP contribution in [0.25, 0.3) is 0 Å². The quantitative estimate of drug-likeness (QED) is 0.930. The second-order valence-electron chi connectivity index (χ2n) is 6.43. The molecule has 1 aliphatic heterocycles. The molecule has 2 aromatic carbocycles. The highest BCUT2D eigenvalue weighted by atomic mass is 16.4. The van der Waals surface area contributed by atoms with Crippen LogP contribution in [-0.2, 0) is 4.79 Å². The van der Waals surface area contributed by atoms with Gasteiger partial charge in [-0.2, -0.15) is 0 Å². The summed E-state index contributed by atoms with van der Waals surface area (Å²) in [6, 6.07) is 14.2. The zero-order chi connectivity index (χ0) is 18.1. The van der Waals surface area contributed by atoms with Crippen LogP contribution in [0.4, 0.5) is 5.69 Å². The number of amides is 1. The summed E-state index contributed by atoms with van der Waals surface area (Å²) in [5.41, 5.74) is 2.94. The molecular weight excluding hydrogens is 316 g/mol. The first-order valence-electron chi connectivity index (χ1n) is 8.35. The van der Waals surface area contributed by atoms with Crippen LogP contribution in [0, 0.1) is 0 Å². The van der Waals surface area contributed by atoms with Crippen molar-refractivity contribution in [3.05, 3.63) is 65.2 Å². The number of carboxylic acid groups (broad SMARTS) is 1. The van der Waals surface area contributed by atoms with Gasteiger partial charge in [-0.15, -0.1) is 0 Å². The largest absolute Gasteiger partial charge is 0.481 e. The first-order chi connectivity index (χ1) is 12.0. The van der Waals surface area contributed by atoms with Gasteiger partial charge in [0.05, 0.1) is 6.04 Å². The number of carboxylic acids is 1. The van der Waals surface area contributed by atoms with Gasteiger partial charge in [-0.05, 0) is 36.2 Å². The topological polar surface area (TPSA) is 60.9 Å². The molecule has 0 spiro atoms. The average Bonchev–Trinajstić information content (AvgIpc) is 2.61. The lowest BCUT2D eigenvalue weighted by atomic mass is 9.79. The second kappa shape index (κ2) is 6.59. The Kier molecular flexibility index (Phi) is 4.49. The van der Waals surface area contributed by atoms with E-state index in [1.54, 1.807) is 29.2 Å². The third kappa shape index (κ3) is 2.86. The number of rotatable bonds is 4. The lowest BCUT2D eigenvalue weighted by Gasteiger charge is -2.40. The van der Waals surface area contributed by atoms with Crippen molar-refractivity contribution in [2.75, 3.05) is 25.5 Å². The number of aliphatic carboxylic acids is 1. The van der Waals surface area contributed by atoms with Gasteiger partial charge in [-0.25, -0.2) is 0 Å². The van der Waals surface area contributed by atoms with E-state index in [-0.39, 0.29) is 5.91 Å². The number of anilines is 1. The van der Waals surface area contributed by atoms with E-state index in [0.29, 0.717) is 17.7 Å². The van der Waals surface area contributed by atoms with Gasteiger partial charge in [0, 0.05) is 31.9 Å². The van der Waals surface area contributed by atoms with Gasteiger partial charge < -0.3 is 14.9 Å². The van der Waals surface area contributed by atoms with Crippen LogP contribution in [0.15, 0.2) is 48.5 Å². The van der Waals surface area contributed by atoms with Crippen LogP contribution < -0.4 is 4.90 Å². The third-order valence-corrected chi connectivity index (χ3v) is 4.80. The van der Waals surface area contributed by atoms with Crippen molar-refractivity contribution in [1.82, 2.24) is 4.90 Å². The number of carbonyl (C=O) groups is 2. The van der Waals surface area contributed by atoms with Crippen molar-refractivity contribution in [2.45, 2.75) is 18.9 Å². The molecule has 0 saturated heterocycles. The molecule has 0 aromatic heterocycles. The molecular formula is C20H22N2O3. The van der Waals surface area contributed by atoms with Crippen molar-refractivity contribution in [3.8, 4) is 0 Å². The molecule has 130 valence electrons. The van der Waals surface area contributed by atoms with E-state index in [1.807, 2.05) is 50.2 Å². The van der Waals surface area contributed by atoms with Crippen molar-refractivity contribution >= 4 is 17.6 Å². The molecule has 2 unspecified atom stereocenters. The van der Waals surface area contributed by atoms with E-state index >= 15 is 0 Å². The second-order valence-corrected chi connectivity index (χ2v) is 6.43. The van der Waals surface area contributed by atoms with Crippen LogP contribution in [0.1, 0.15) is 40.4 Å². The molecule has 5 nitrogen and oxygen atoms in total. The van der Waals surface area contributed by atoms with Crippen LogP contribution >= 0.6 is 0 Å². The minimum atomic E-state index is -0.917. The summed E-state index contributed by atoms with van der Waals surface area (Å²) in [7, 11) is 3.90. The molecule has 2 aromatic rings. The SMILES string of the molecule is CCN1C(=O)c2ccccc2C(C(=O)O)C1c1ccc(N(C)C)cc1. The standard InChI is InChI=1S/C20H22N2O3/c1-4-22-18(13-9-11-14(12-10-13)21(2)3)17(20(24)25)15-7-5-6-8-16(15)19(22)23/h5-12,17-18H,4H2,1-3H3,(H,24,25).